The van der Waals surface area contributed by atoms with Crippen molar-refractivity contribution in [3.05, 3.63) is 53.3 Å². The van der Waals surface area contributed by atoms with Gasteiger partial charge in [-0.05, 0) is 43.2 Å². The van der Waals surface area contributed by atoms with Crippen LogP contribution in [0.5, 0.6) is 0 Å². The molecule has 0 saturated carbocycles. The van der Waals surface area contributed by atoms with Gasteiger partial charge in [-0.25, -0.2) is 4.39 Å². The molecule has 1 nitrogen and oxygen atoms in total. The van der Waals surface area contributed by atoms with E-state index in [9.17, 15) is 4.39 Å². The number of para-hydroxylation sites is 1. The number of halogens is 1. The molecule has 2 aromatic rings. The van der Waals surface area contributed by atoms with Crippen molar-refractivity contribution in [2.45, 2.75) is 23.6 Å². The Morgan fingerprint density at radius 1 is 1.06 bits per heavy atom. The molecule has 88 valence electrons. The van der Waals surface area contributed by atoms with E-state index in [1.54, 1.807) is 6.07 Å². The third-order valence-corrected chi connectivity index (χ3v) is 3.81. The number of hydrogen-bond donors (Lipinski definition) is 1. The number of aryl methyl sites for hydroxylation is 2. The molecule has 2 N–H and O–H groups in total. The van der Waals surface area contributed by atoms with E-state index >= 15 is 0 Å². The van der Waals surface area contributed by atoms with Gasteiger partial charge >= 0.3 is 0 Å². The lowest BCUT2D eigenvalue weighted by Gasteiger charge is -2.09. The number of rotatable bonds is 2. The van der Waals surface area contributed by atoms with Crippen LogP contribution in [0.3, 0.4) is 0 Å². The highest BCUT2D eigenvalue weighted by Gasteiger charge is 2.07. The zero-order valence-electron chi connectivity index (χ0n) is 9.83. The maximum absolute atomic E-state index is 13.3. The highest BCUT2D eigenvalue weighted by molar-refractivity contribution is 7.99. The Morgan fingerprint density at radius 3 is 2.59 bits per heavy atom. The van der Waals surface area contributed by atoms with Crippen LogP contribution in [-0.4, -0.2) is 0 Å². The average molecular weight is 247 g/mol. The Bertz CT molecular complexity index is 552. The zero-order valence-corrected chi connectivity index (χ0v) is 10.6. The van der Waals surface area contributed by atoms with Gasteiger partial charge in [0.05, 0.1) is 5.69 Å². The lowest BCUT2D eigenvalue weighted by atomic mass is 10.2. The summed E-state index contributed by atoms with van der Waals surface area (Å²) in [7, 11) is 0. The average Bonchev–Trinajstić information content (AvgIpc) is 2.30. The topological polar surface area (TPSA) is 26.0 Å². The minimum atomic E-state index is -0.361. The Hall–Kier alpha value is -1.48. The van der Waals surface area contributed by atoms with Crippen molar-refractivity contribution in [3.63, 3.8) is 0 Å². The number of hydrogen-bond acceptors (Lipinski definition) is 2. The Morgan fingerprint density at radius 2 is 1.82 bits per heavy atom. The normalized spacial score (nSPS) is 10.5. The van der Waals surface area contributed by atoms with E-state index in [4.69, 9.17) is 5.73 Å². The predicted octanol–water partition coefficient (Wildman–Crippen LogP) is 4.18. The standard InChI is InChI=1S/C14H14FNS/c1-9-6-7-10(2)13(8-9)17-12-5-3-4-11(15)14(12)16/h3-8H,16H2,1-2H3. The summed E-state index contributed by atoms with van der Waals surface area (Å²) < 4.78 is 13.3. The highest BCUT2D eigenvalue weighted by Crippen LogP contribution is 2.35. The molecule has 0 bridgehead atoms. The Labute approximate surface area is 105 Å². The lowest BCUT2D eigenvalue weighted by molar-refractivity contribution is 0.629. The fraction of sp³-hybridized carbons (Fsp3) is 0.143. The first-order chi connectivity index (χ1) is 8.08. The minimum Gasteiger partial charge on any atom is -0.395 e. The molecule has 0 atom stereocenters. The van der Waals surface area contributed by atoms with E-state index in [-0.39, 0.29) is 11.5 Å². The zero-order chi connectivity index (χ0) is 12.4. The van der Waals surface area contributed by atoms with Crippen LogP contribution in [0, 0.1) is 19.7 Å². The van der Waals surface area contributed by atoms with Crippen LogP contribution in [-0.2, 0) is 0 Å². The van der Waals surface area contributed by atoms with Gasteiger partial charge in [-0.1, -0.05) is 30.0 Å². The van der Waals surface area contributed by atoms with Crippen molar-refractivity contribution < 1.29 is 4.39 Å². The number of anilines is 1. The van der Waals surface area contributed by atoms with Crippen molar-refractivity contribution in [3.8, 4) is 0 Å². The first-order valence-corrected chi connectivity index (χ1v) is 6.18. The molecule has 0 aliphatic carbocycles. The molecule has 3 heteroatoms. The third-order valence-electron chi connectivity index (χ3n) is 2.58. The molecule has 2 rings (SSSR count). The second-order valence-corrected chi connectivity index (χ2v) is 5.11. The molecule has 17 heavy (non-hydrogen) atoms. The minimum absolute atomic E-state index is 0.221. The summed E-state index contributed by atoms with van der Waals surface area (Å²) in [5.41, 5.74) is 8.30. The first-order valence-electron chi connectivity index (χ1n) is 5.37. The van der Waals surface area contributed by atoms with Gasteiger partial charge < -0.3 is 5.73 Å². The molecular weight excluding hydrogens is 233 g/mol. The van der Waals surface area contributed by atoms with E-state index < -0.39 is 0 Å². The summed E-state index contributed by atoms with van der Waals surface area (Å²) >= 11 is 1.50. The fourth-order valence-corrected chi connectivity index (χ4v) is 2.61. The fourth-order valence-electron chi connectivity index (χ4n) is 1.54. The number of nitrogens with two attached hydrogens (primary N) is 1. The van der Waals surface area contributed by atoms with E-state index in [2.05, 4.69) is 18.2 Å². The highest BCUT2D eigenvalue weighted by atomic mass is 32.2. The van der Waals surface area contributed by atoms with Crippen LogP contribution < -0.4 is 5.73 Å². The maximum atomic E-state index is 13.3. The molecular formula is C14H14FNS. The molecule has 0 aliphatic heterocycles. The van der Waals surface area contributed by atoms with Crippen LogP contribution in [0.2, 0.25) is 0 Å². The Kier molecular flexibility index (Phi) is 3.38. The van der Waals surface area contributed by atoms with Crippen molar-refractivity contribution in [2.24, 2.45) is 0 Å². The molecule has 0 amide bonds. The molecule has 0 radical (unpaired) electrons. The van der Waals surface area contributed by atoms with E-state index in [0.29, 0.717) is 0 Å². The summed E-state index contributed by atoms with van der Waals surface area (Å²) in [6.07, 6.45) is 0. The summed E-state index contributed by atoms with van der Waals surface area (Å²) in [5.74, 6) is -0.361. The van der Waals surface area contributed by atoms with Gasteiger partial charge in [0.2, 0.25) is 0 Å². The summed E-state index contributed by atoms with van der Waals surface area (Å²) in [6, 6.07) is 11.1. The quantitative estimate of drug-likeness (QED) is 0.806. The van der Waals surface area contributed by atoms with E-state index in [1.165, 1.54) is 29.0 Å². The van der Waals surface area contributed by atoms with Gasteiger partial charge in [0.1, 0.15) is 5.82 Å². The molecule has 2 aromatic carbocycles. The van der Waals surface area contributed by atoms with Gasteiger partial charge in [0.15, 0.2) is 0 Å². The SMILES string of the molecule is Cc1ccc(C)c(Sc2cccc(F)c2N)c1. The van der Waals surface area contributed by atoms with Crippen LogP contribution in [0.1, 0.15) is 11.1 Å². The first kappa shape index (κ1) is 12.0. The summed E-state index contributed by atoms with van der Waals surface area (Å²) in [5, 5.41) is 0. The smallest absolute Gasteiger partial charge is 0.147 e. The predicted molar refractivity (Wildman–Crippen MR) is 70.9 cm³/mol. The third kappa shape index (κ3) is 2.61. The maximum Gasteiger partial charge on any atom is 0.147 e. The Balaban J connectivity index is 2.38. The summed E-state index contributed by atoms with van der Waals surface area (Å²) in [4.78, 5) is 1.88. The van der Waals surface area contributed by atoms with E-state index in [0.717, 1.165) is 9.79 Å². The van der Waals surface area contributed by atoms with Gasteiger partial charge in [-0.2, -0.15) is 0 Å². The van der Waals surface area contributed by atoms with E-state index in [1.807, 2.05) is 19.9 Å². The monoisotopic (exact) mass is 247 g/mol. The van der Waals surface area contributed by atoms with Gasteiger partial charge in [-0.15, -0.1) is 0 Å². The molecule has 0 aliphatic rings. The lowest BCUT2D eigenvalue weighted by Crippen LogP contribution is -1.93. The van der Waals surface area contributed by atoms with Crippen molar-refractivity contribution >= 4 is 17.4 Å². The van der Waals surface area contributed by atoms with Crippen molar-refractivity contribution in [1.82, 2.24) is 0 Å². The summed E-state index contributed by atoms with van der Waals surface area (Å²) in [6.45, 7) is 4.08. The van der Waals surface area contributed by atoms with Gasteiger partial charge in [0, 0.05) is 9.79 Å². The molecule has 0 spiro atoms. The van der Waals surface area contributed by atoms with Crippen molar-refractivity contribution in [1.29, 1.82) is 0 Å². The molecule has 0 fully saturated rings. The molecule has 0 aromatic heterocycles. The van der Waals surface area contributed by atoms with Crippen LogP contribution >= 0.6 is 11.8 Å². The number of benzene rings is 2. The second-order valence-electron chi connectivity index (χ2n) is 4.02. The van der Waals surface area contributed by atoms with Crippen LogP contribution in [0.4, 0.5) is 10.1 Å². The molecule has 0 saturated heterocycles. The second kappa shape index (κ2) is 4.80. The van der Waals surface area contributed by atoms with Gasteiger partial charge in [-0.3, -0.25) is 0 Å². The molecule has 0 heterocycles. The number of nitrogen functional groups attached to an aromatic ring is 1. The van der Waals surface area contributed by atoms with Crippen LogP contribution in [0.15, 0.2) is 46.2 Å². The van der Waals surface area contributed by atoms with Crippen molar-refractivity contribution in [2.75, 3.05) is 5.73 Å². The van der Waals surface area contributed by atoms with Crippen LogP contribution in [0.25, 0.3) is 0 Å². The largest absolute Gasteiger partial charge is 0.395 e. The molecule has 0 unspecified atom stereocenters. The van der Waals surface area contributed by atoms with Gasteiger partial charge in [0.25, 0.3) is 0 Å².